The molecule has 0 radical (unpaired) electrons. The quantitative estimate of drug-likeness (QED) is 0.840. The number of nitrogens with zero attached hydrogens (tertiary/aromatic N) is 1. The molecule has 0 aliphatic carbocycles. The van der Waals surface area contributed by atoms with Crippen LogP contribution in [0.4, 0.5) is 11.5 Å². The van der Waals surface area contributed by atoms with Crippen LogP contribution in [-0.2, 0) is 11.2 Å². The van der Waals surface area contributed by atoms with Gasteiger partial charge >= 0.3 is 0 Å². The molecular weight excluding hydrogens is 214 g/mol. The van der Waals surface area contributed by atoms with Crippen molar-refractivity contribution in [2.45, 2.75) is 6.42 Å². The van der Waals surface area contributed by atoms with E-state index in [4.69, 9.17) is 5.73 Å². The topological polar surface area (TPSA) is 68.0 Å². The van der Waals surface area contributed by atoms with E-state index in [1.807, 2.05) is 30.3 Å². The van der Waals surface area contributed by atoms with Gasteiger partial charge in [0, 0.05) is 18.0 Å². The highest BCUT2D eigenvalue weighted by Gasteiger charge is 2.04. The van der Waals surface area contributed by atoms with E-state index >= 15 is 0 Å². The van der Waals surface area contributed by atoms with E-state index in [9.17, 15) is 4.79 Å². The molecule has 0 aliphatic heterocycles. The summed E-state index contributed by atoms with van der Waals surface area (Å²) in [5, 5.41) is 2.70. The van der Waals surface area contributed by atoms with Gasteiger partial charge in [-0.05, 0) is 11.6 Å². The number of nitrogens with two attached hydrogens (primary N) is 1. The second kappa shape index (κ2) is 5.12. The number of rotatable bonds is 3. The number of anilines is 2. The summed E-state index contributed by atoms with van der Waals surface area (Å²) in [7, 11) is 0. The van der Waals surface area contributed by atoms with Gasteiger partial charge in [-0.1, -0.05) is 30.3 Å². The van der Waals surface area contributed by atoms with Gasteiger partial charge in [0.25, 0.3) is 0 Å². The van der Waals surface area contributed by atoms with Gasteiger partial charge in [-0.15, -0.1) is 0 Å². The number of hydrogen-bond donors (Lipinski definition) is 2. The van der Waals surface area contributed by atoms with Crippen molar-refractivity contribution in [2.75, 3.05) is 11.1 Å². The van der Waals surface area contributed by atoms with Gasteiger partial charge in [-0.2, -0.15) is 0 Å². The summed E-state index contributed by atoms with van der Waals surface area (Å²) in [6.45, 7) is 0. The average Bonchev–Trinajstić information content (AvgIpc) is 2.30. The molecule has 0 aliphatic rings. The minimum absolute atomic E-state index is 0.102. The van der Waals surface area contributed by atoms with Crippen LogP contribution in [0.2, 0.25) is 0 Å². The fourth-order valence-electron chi connectivity index (χ4n) is 1.48. The van der Waals surface area contributed by atoms with Crippen LogP contribution in [0.15, 0.2) is 48.7 Å². The third kappa shape index (κ3) is 3.31. The summed E-state index contributed by atoms with van der Waals surface area (Å²) in [6, 6.07) is 12.8. The molecule has 0 bridgehead atoms. The number of amides is 1. The Morgan fingerprint density at radius 2 is 2.00 bits per heavy atom. The van der Waals surface area contributed by atoms with Crippen LogP contribution in [0, 0.1) is 0 Å². The van der Waals surface area contributed by atoms with Gasteiger partial charge in [-0.3, -0.25) is 4.79 Å². The molecule has 0 fully saturated rings. The van der Waals surface area contributed by atoms with E-state index in [0.717, 1.165) is 5.56 Å². The fourth-order valence-corrected chi connectivity index (χ4v) is 1.48. The lowest BCUT2D eigenvalue weighted by atomic mass is 10.1. The predicted molar refractivity (Wildman–Crippen MR) is 67.4 cm³/mol. The summed E-state index contributed by atoms with van der Waals surface area (Å²) in [6.07, 6.45) is 1.89. The average molecular weight is 227 g/mol. The Bertz CT molecular complexity index is 511. The van der Waals surface area contributed by atoms with Crippen LogP contribution in [0.3, 0.4) is 0 Å². The highest BCUT2D eigenvalue weighted by atomic mass is 16.1. The van der Waals surface area contributed by atoms with Gasteiger partial charge in [0.05, 0.1) is 6.42 Å². The Morgan fingerprint density at radius 1 is 1.24 bits per heavy atom. The zero-order chi connectivity index (χ0) is 12.1. The van der Waals surface area contributed by atoms with E-state index in [2.05, 4.69) is 10.3 Å². The predicted octanol–water partition coefficient (Wildman–Crippen LogP) is 1.84. The maximum absolute atomic E-state index is 11.7. The van der Waals surface area contributed by atoms with E-state index in [1.165, 1.54) is 0 Å². The molecule has 0 atom stereocenters. The van der Waals surface area contributed by atoms with Crippen molar-refractivity contribution in [3.63, 3.8) is 0 Å². The number of hydrogen-bond acceptors (Lipinski definition) is 3. The Kier molecular flexibility index (Phi) is 3.35. The minimum atomic E-state index is -0.102. The zero-order valence-electron chi connectivity index (χ0n) is 9.26. The highest BCUT2D eigenvalue weighted by molar-refractivity contribution is 5.91. The molecule has 3 N–H and O–H groups in total. The Balaban J connectivity index is 1.98. The van der Waals surface area contributed by atoms with Crippen LogP contribution in [-0.4, -0.2) is 10.9 Å². The number of benzene rings is 1. The van der Waals surface area contributed by atoms with Gasteiger partial charge in [0.1, 0.15) is 5.82 Å². The summed E-state index contributed by atoms with van der Waals surface area (Å²) in [4.78, 5) is 15.7. The first-order valence-corrected chi connectivity index (χ1v) is 5.29. The molecule has 1 aromatic heterocycles. The van der Waals surface area contributed by atoms with E-state index in [0.29, 0.717) is 17.9 Å². The molecule has 86 valence electrons. The van der Waals surface area contributed by atoms with E-state index < -0.39 is 0 Å². The standard InChI is InChI=1S/C13H13N3O/c14-11-6-7-15-12(9-11)16-13(17)8-10-4-2-1-3-5-10/h1-7,9H,8H2,(H3,14,15,16,17). The third-order valence-electron chi connectivity index (χ3n) is 2.26. The third-order valence-corrected chi connectivity index (χ3v) is 2.26. The normalized spacial score (nSPS) is 9.88. The van der Waals surface area contributed by atoms with Crippen molar-refractivity contribution < 1.29 is 4.79 Å². The molecule has 2 rings (SSSR count). The SMILES string of the molecule is Nc1ccnc(NC(=O)Cc2ccccc2)c1. The first-order valence-electron chi connectivity index (χ1n) is 5.29. The Hall–Kier alpha value is -2.36. The van der Waals surface area contributed by atoms with Crippen LogP contribution in [0.1, 0.15) is 5.56 Å². The first kappa shape index (κ1) is 11.1. The summed E-state index contributed by atoms with van der Waals surface area (Å²) in [5.74, 6) is 0.375. The number of pyridine rings is 1. The molecule has 2 aromatic rings. The van der Waals surface area contributed by atoms with Crippen LogP contribution < -0.4 is 11.1 Å². The molecule has 0 saturated heterocycles. The Labute approximate surface area is 99.5 Å². The van der Waals surface area contributed by atoms with Crippen molar-refractivity contribution in [1.82, 2.24) is 4.98 Å². The Morgan fingerprint density at radius 3 is 2.71 bits per heavy atom. The number of nitrogen functional groups attached to an aromatic ring is 1. The molecule has 1 amide bonds. The molecule has 0 unspecified atom stereocenters. The van der Waals surface area contributed by atoms with Crippen molar-refractivity contribution in [3.05, 3.63) is 54.2 Å². The number of nitrogens with one attached hydrogen (secondary N) is 1. The zero-order valence-corrected chi connectivity index (χ0v) is 9.26. The van der Waals surface area contributed by atoms with E-state index in [-0.39, 0.29) is 5.91 Å². The number of carbonyl (C=O) groups is 1. The summed E-state index contributed by atoms with van der Waals surface area (Å²) >= 11 is 0. The lowest BCUT2D eigenvalue weighted by Gasteiger charge is -2.04. The van der Waals surface area contributed by atoms with Crippen LogP contribution in [0.5, 0.6) is 0 Å². The number of aromatic nitrogens is 1. The molecule has 17 heavy (non-hydrogen) atoms. The van der Waals surface area contributed by atoms with E-state index in [1.54, 1.807) is 18.3 Å². The summed E-state index contributed by atoms with van der Waals surface area (Å²) < 4.78 is 0. The van der Waals surface area contributed by atoms with Crippen LogP contribution in [0.25, 0.3) is 0 Å². The van der Waals surface area contributed by atoms with Crippen LogP contribution >= 0.6 is 0 Å². The molecule has 4 heteroatoms. The van der Waals surface area contributed by atoms with Gasteiger partial charge in [0.15, 0.2) is 0 Å². The molecule has 0 spiro atoms. The first-order chi connectivity index (χ1) is 8.24. The smallest absolute Gasteiger partial charge is 0.229 e. The second-order valence-corrected chi connectivity index (χ2v) is 3.68. The maximum Gasteiger partial charge on any atom is 0.229 e. The van der Waals surface area contributed by atoms with Crippen molar-refractivity contribution in [2.24, 2.45) is 0 Å². The molecule has 0 saturated carbocycles. The summed E-state index contributed by atoms with van der Waals surface area (Å²) in [5.41, 5.74) is 7.14. The highest BCUT2D eigenvalue weighted by Crippen LogP contribution is 2.08. The molecule has 1 heterocycles. The molecule has 1 aromatic carbocycles. The maximum atomic E-state index is 11.7. The van der Waals surface area contributed by atoms with Crippen molar-refractivity contribution in [3.8, 4) is 0 Å². The number of carbonyl (C=O) groups excluding carboxylic acids is 1. The van der Waals surface area contributed by atoms with Crippen molar-refractivity contribution in [1.29, 1.82) is 0 Å². The van der Waals surface area contributed by atoms with Gasteiger partial charge in [0.2, 0.25) is 5.91 Å². The largest absolute Gasteiger partial charge is 0.399 e. The lowest BCUT2D eigenvalue weighted by Crippen LogP contribution is -2.15. The monoisotopic (exact) mass is 227 g/mol. The second-order valence-electron chi connectivity index (χ2n) is 3.68. The van der Waals surface area contributed by atoms with Gasteiger partial charge < -0.3 is 11.1 Å². The van der Waals surface area contributed by atoms with Crippen molar-refractivity contribution >= 4 is 17.4 Å². The fraction of sp³-hybridized carbons (Fsp3) is 0.0769. The minimum Gasteiger partial charge on any atom is -0.399 e. The molecule has 4 nitrogen and oxygen atoms in total. The lowest BCUT2D eigenvalue weighted by molar-refractivity contribution is -0.115. The molecular formula is C13H13N3O. The van der Waals surface area contributed by atoms with Gasteiger partial charge in [-0.25, -0.2) is 4.98 Å².